The summed E-state index contributed by atoms with van der Waals surface area (Å²) in [6, 6.07) is 3.98. The summed E-state index contributed by atoms with van der Waals surface area (Å²) < 4.78 is 7.84. The van der Waals surface area contributed by atoms with Gasteiger partial charge >= 0.3 is 0 Å². The fourth-order valence-electron chi connectivity index (χ4n) is 4.23. The van der Waals surface area contributed by atoms with Crippen LogP contribution in [0.5, 0.6) is 0 Å². The van der Waals surface area contributed by atoms with E-state index in [0.717, 1.165) is 18.5 Å². The number of nitrogens with zero attached hydrogens (tertiary/aromatic N) is 2. The van der Waals surface area contributed by atoms with E-state index in [4.69, 9.17) is 4.74 Å². The molecule has 25 heavy (non-hydrogen) atoms. The fraction of sp³-hybridized carbons (Fsp3) is 0.550. The molecule has 5 nitrogen and oxygen atoms in total. The molecule has 4 rings (SSSR count). The minimum absolute atomic E-state index is 0.0785. The topological polar surface area (TPSA) is 50.5 Å². The maximum absolute atomic E-state index is 12.7. The lowest BCUT2D eigenvalue weighted by molar-refractivity contribution is -0.697. The van der Waals surface area contributed by atoms with Crippen LogP contribution >= 0.6 is 0 Å². The van der Waals surface area contributed by atoms with Gasteiger partial charge in [0.25, 0.3) is 0 Å². The van der Waals surface area contributed by atoms with Crippen molar-refractivity contribution in [2.45, 2.75) is 57.9 Å². The molecular weight excluding hydrogens is 316 g/mol. The van der Waals surface area contributed by atoms with Gasteiger partial charge in [0.05, 0.1) is 30.6 Å². The monoisotopic (exact) mass is 341 g/mol. The van der Waals surface area contributed by atoms with Gasteiger partial charge in [-0.2, -0.15) is 0 Å². The zero-order valence-corrected chi connectivity index (χ0v) is 14.6. The number of fused-ring (bicyclic) bond motifs is 5. The number of ether oxygens (including phenoxy) is 1. The van der Waals surface area contributed by atoms with Gasteiger partial charge in [-0.05, 0) is 12.5 Å². The summed E-state index contributed by atoms with van der Waals surface area (Å²) in [6.45, 7) is 3.54. The number of carbonyl (C=O) groups is 2. The first kappa shape index (κ1) is 16.5. The maximum atomic E-state index is 12.7. The Morgan fingerprint density at radius 2 is 1.80 bits per heavy atom. The van der Waals surface area contributed by atoms with Crippen LogP contribution in [0.4, 0.5) is 0 Å². The van der Waals surface area contributed by atoms with Crippen LogP contribution in [0, 0.1) is 11.8 Å². The summed E-state index contributed by atoms with van der Waals surface area (Å²) in [6.07, 6.45) is 12.4. The molecule has 2 saturated heterocycles. The molecule has 2 amide bonds. The lowest BCUT2D eigenvalue weighted by Gasteiger charge is -2.17. The first-order chi connectivity index (χ1) is 12.2. The Labute approximate surface area is 148 Å². The lowest BCUT2D eigenvalue weighted by Crippen LogP contribution is -2.36. The molecule has 3 aliphatic heterocycles. The van der Waals surface area contributed by atoms with Crippen LogP contribution in [-0.4, -0.2) is 28.9 Å². The third-order valence-electron chi connectivity index (χ3n) is 5.53. The average molecular weight is 341 g/mol. The van der Waals surface area contributed by atoms with Crippen molar-refractivity contribution in [1.82, 2.24) is 4.90 Å². The number of aryl methyl sites for hydroxylation is 1. The zero-order valence-electron chi connectivity index (χ0n) is 14.6. The molecule has 4 heterocycles. The highest BCUT2D eigenvalue weighted by Gasteiger charge is 2.60. The highest BCUT2D eigenvalue weighted by molar-refractivity contribution is 6.06. The van der Waals surface area contributed by atoms with Crippen molar-refractivity contribution in [3.05, 3.63) is 42.2 Å². The molecule has 132 valence electrons. The van der Waals surface area contributed by atoms with Gasteiger partial charge < -0.3 is 4.74 Å². The Hall–Kier alpha value is -2.01. The molecule has 0 saturated carbocycles. The summed E-state index contributed by atoms with van der Waals surface area (Å²) in [7, 11) is 0. The van der Waals surface area contributed by atoms with Crippen molar-refractivity contribution >= 4 is 11.8 Å². The second kappa shape index (κ2) is 6.71. The Kier molecular flexibility index (Phi) is 4.42. The molecule has 0 unspecified atom stereocenters. The SMILES string of the molecule is CCCCCC[n+]1cccc(CN2C(=O)[C@@H]3[C@H](C2=O)[C@H]2C=C[C@@H]3O2)c1. The highest BCUT2D eigenvalue weighted by Crippen LogP contribution is 2.45. The summed E-state index contributed by atoms with van der Waals surface area (Å²) in [5.41, 5.74) is 1.00. The number of hydrogen-bond donors (Lipinski definition) is 0. The lowest BCUT2D eigenvalue weighted by atomic mass is 9.85. The molecule has 4 atom stereocenters. The second-order valence-corrected chi connectivity index (χ2v) is 7.28. The van der Waals surface area contributed by atoms with E-state index in [9.17, 15) is 9.59 Å². The molecule has 0 N–H and O–H groups in total. The van der Waals surface area contributed by atoms with Gasteiger partial charge in [-0.3, -0.25) is 14.5 Å². The summed E-state index contributed by atoms with van der Waals surface area (Å²) in [5, 5.41) is 0. The number of amides is 2. The smallest absolute Gasteiger partial charge is 0.236 e. The second-order valence-electron chi connectivity index (χ2n) is 7.28. The van der Waals surface area contributed by atoms with E-state index in [1.807, 2.05) is 24.3 Å². The third-order valence-corrected chi connectivity index (χ3v) is 5.53. The number of aromatic nitrogens is 1. The Bertz CT molecular complexity index is 685. The Morgan fingerprint density at radius 3 is 2.48 bits per heavy atom. The van der Waals surface area contributed by atoms with E-state index in [0.29, 0.717) is 6.54 Å². The summed E-state index contributed by atoms with van der Waals surface area (Å²) in [5.74, 6) is -0.782. The minimum atomic E-state index is -0.313. The third kappa shape index (κ3) is 2.91. The van der Waals surface area contributed by atoms with Gasteiger partial charge in [0.2, 0.25) is 11.8 Å². The number of carbonyl (C=O) groups excluding carboxylic acids is 2. The van der Waals surface area contributed by atoms with Crippen LogP contribution in [0.2, 0.25) is 0 Å². The molecule has 0 aliphatic carbocycles. The van der Waals surface area contributed by atoms with Gasteiger partial charge in [0.15, 0.2) is 12.4 Å². The van der Waals surface area contributed by atoms with Crippen LogP contribution in [0.1, 0.15) is 38.2 Å². The summed E-state index contributed by atoms with van der Waals surface area (Å²) in [4.78, 5) is 26.8. The fourth-order valence-corrected chi connectivity index (χ4v) is 4.23. The number of pyridine rings is 1. The Balaban J connectivity index is 1.43. The largest absolute Gasteiger partial charge is 0.365 e. The maximum Gasteiger partial charge on any atom is 0.236 e. The van der Waals surface area contributed by atoms with E-state index in [1.165, 1.54) is 24.2 Å². The van der Waals surface area contributed by atoms with Crippen LogP contribution in [0.25, 0.3) is 0 Å². The average Bonchev–Trinajstić information content (AvgIpc) is 3.29. The molecular formula is C20H25N2O3+. The highest BCUT2D eigenvalue weighted by atomic mass is 16.5. The number of hydrogen-bond acceptors (Lipinski definition) is 3. The van der Waals surface area contributed by atoms with Gasteiger partial charge in [-0.1, -0.05) is 31.9 Å². The normalized spacial score (nSPS) is 29.7. The molecule has 1 aromatic heterocycles. The van der Waals surface area contributed by atoms with Gasteiger partial charge in [-0.25, -0.2) is 4.57 Å². The minimum Gasteiger partial charge on any atom is -0.365 e. The number of imide groups is 1. The molecule has 2 bridgehead atoms. The molecule has 0 aromatic carbocycles. The van der Waals surface area contributed by atoms with Crippen LogP contribution in [0.15, 0.2) is 36.7 Å². The standard InChI is InChI=1S/C20H25N2O3/c1-2-3-4-5-10-21-11-6-7-14(12-21)13-22-19(23)17-15-8-9-16(25-15)18(17)20(22)24/h6-9,11-12,15-18H,2-5,10,13H2,1H3/q+1/t15-,16+,17-,18+. The molecule has 3 aliphatic rings. The van der Waals surface area contributed by atoms with Gasteiger partial charge in [0.1, 0.15) is 6.54 Å². The van der Waals surface area contributed by atoms with Crippen LogP contribution in [0.3, 0.4) is 0 Å². The van der Waals surface area contributed by atoms with E-state index in [1.54, 1.807) is 0 Å². The van der Waals surface area contributed by atoms with Gasteiger partial charge in [0, 0.05) is 18.1 Å². The van der Waals surface area contributed by atoms with Gasteiger partial charge in [-0.15, -0.1) is 0 Å². The van der Waals surface area contributed by atoms with Crippen LogP contribution in [-0.2, 0) is 27.4 Å². The van der Waals surface area contributed by atoms with Crippen molar-refractivity contribution in [1.29, 1.82) is 0 Å². The van der Waals surface area contributed by atoms with Crippen molar-refractivity contribution in [2.75, 3.05) is 0 Å². The first-order valence-electron chi connectivity index (χ1n) is 9.36. The van der Waals surface area contributed by atoms with E-state index >= 15 is 0 Å². The van der Waals surface area contributed by atoms with E-state index in [-0.39, 0.29) is 35.9 Å². The quantitative estimate of drug-likeness (QED) is 0.330. The van der Waals surface area contributed by atoms with E-state index < -0.39 is 0 Å². The molecule has 5 heteroatoms. The van der Waals surface area contributed by atoms with Crippen molar-refractivity contribution in [2.24, 2.45) is 11.8 Å². The predicted octanol–water partition coefficient (Wildman–Crippen LogP) is 1.99. The number of rotatable bonds is 7. The number of unbranched alkanes of at least 4 members (excludes halogenated alkanes) is 3. The predicted molar refractivity (Wildman–Crippen MR) is 91.1 cm³/mol. The molecule has 0 spiro atoms. The number of likely N-dealkylation sites (tertiary alicyclic amines) is 1. The molecule has 2 fully saturated rings. The summed E-state index contributed by atoms with van der Waals surface area (Å²) >= 11 is 0. The van der Waals surface area contributed by atoms with E-state index in [2.05, 4.69) is 23.9 Å². The molecule has 0 radical (unpaired) electrons. The van der Waals surface area contributed by atoms with Crippen LogP contribution < -0.4 is 4.57 Å². The Morgan fingerprint density at radius 1 is 1.08 bits per heavy atom. The van der Waals surface area contributed by atoms with Crippen molar-refractivity contribution in [3.63, 3.8) is 0 Å². The first-order valence-corrected chi connectivity index (χ1v) is 9.36. The zero-order chi connectivity index (χ0) is 17.4. The van der Waals surface area contributed by atoms with Crippen molar-refractivity contribution in [3.8, 4) is 0 Å². The van der Waals surface area contributed by atoms with Crippen molar-refractivity contribution < 1.29 is 18.9 Å². The molecule has 1 aromatic rings.